The molecule has 3 aromatic rings. The Kier molecular flexibility index (Phi) is 6.00. The molecular formula is C28H30N4O. The van der Waals surface area contributed by atoms with Gasteiger partial charge in [-0.1, -0.05) is 55.7 Å². The fourth-order valence-corrected chi connectivity index (χ4v) is 4.94. The molecule has 0 unspecified atom stereocenters. The van der Waals surface area contributed by atoms with Crippen LogP contribution in [-0.2, 0) is 7.05 Å². The summed E-state index contributed by atoms with van der Waals surface area (Å²) in [4.78, 5) is 18.2. The van der Waals surface area contributed by atoms with Crippen molar-refractivity contribution in [3.8, 4) is 28.6 Å². The van der Waals surface area contributed by atoms with Crippen LogP contribution in [0.3, 0.4) is 0 Å². The topological polar surface area (TPSA) is 70.7 Å². The van der Waals surface area contributed by atoms with Gasteiger partial charge in [0.1, 0.15) is 0 Å². The summed E-state index contributed by atoms with van der Waals surface area (Å²) in [5, 5.41) is 12.6. The summed E-state index contributed by atoms with van der Waals surface area (Å²) in [5.74, 6) is 1.68. The molecule has 0 saturated heterocycles. The predicted octanol–water partition coefficient (Wildman–Crippen LogP) is 5.86. The molecule has 0 aliphatic heterocycles. The molecule has 168 valence electrons. The number of rotatable bonds is 6. The number of nitrogens with zero attached hydrogens (tertiary/aromatic N) is 3. The summed E-state index contributed by atoms with van der Waals surface area (Å²) in [7, 11) is 1.83. The van der Waals surface area contributed by atoms with Crippen molar-refractivity contribution in [2.24, 2.45) is 13.0 Å². The zero-order valence-corrected chi connectivity index (χ0v) is 19.2. The summed E-state index contributed by atoms with van der Waals surface area (Å²) >= 11 is 0. The monoisotopic (exact) mass is 438 g/mol. The maximum absolute atomic E-state index is 13.3. The van der Waals surface area contributed by atoms with Crippen LogP contribution in [0, 0.1) is 17.2 Å². The number of anilines is 1. The molecule has 5 rings (SSSR count). The van der Waals surface area contributed by atoms with Crippen molar-refractivity contribution in [2.45, 2.75) is 50.9 Å². The Morgan fingerprint density at radius 3 is 2.27 bits per heavy atom. The van der Waals surface area contributed by atoms with Crippen LogP contribution in [0.5, 0.6) is 0 Å². The Labute approximate surface area is 195 Å². The molecule has 2 fully saturated rings. The van der Waals surface area contributed by atoms with E-state index >= 15 is 0 Å². The minimum atomic E-state index is -0.107. The van der Waals surface area contributed by atoms with Gasteiger partial charge in [-0.2, -0.15) is 5.26 Å². The molecule has 1 aromatic heterocycles. The molecule has 0 bridgehead atoms. The third-order valence-corrected chi connectivity index (χ3v) is 7.09. The van der Waals surface area contributed by atoms with Gasteiger partial charge >= 0.3 is 0 Å². The van der Waals surface area contributed by atoms with Crippen LogP contribution < -0.4 is 10.9 Å². The summed E-state index contributed by atoms with van der Waals surface area (Å²) in [6.45, 7) is 0.782. The Morgan fingerprint density at radius 1 is 0.970 bits per heavy atom. The zero-order chi connectivity index (χ0) is 22.8. The lowest BCUT2D eigenvalue weighted by atomic mass is 9.89. The van der Waals surface area contributed by atoms with Gasteiger partial charge in [0.2, 0.25) is 0 Å². The van der Waals surface area contributed by atoms with Gasteiger partial charge in [-0.3, -0.25) is 4.79 Å². The number of benzene rings is 2. The van der Waals surface area contributed by atoms with E-state index < -0.39 is 0 Å². The summed E-state index contributed by atoms with van der Waals surface area (Å²) in [6, 6.07) is 18.2. The Hall–Kier alpha value is -3.39. The lowest BCUT2D eigenvalue weighted by Gasteiger charge is -2.22. The van der Waals surface area contributed by atoms with Crippen LogP contribution in [0.15, 0.2) is 53.3 Å². The molecular weight excluding hydrogens is 408 g/mol. The average molecular weight is 439 g/mol. The van der Waals surface area contributed by atoms with Crippen molar-refractivity contribution in [2.75, 3.05) is 11.9 Å². The van der Waals surface area contributed by atoms with Crippen molar-refractivity contribution in [3.63, 3.8) is 0 Å². The number of aromatic nitrogens is 2. The van der Waals surface area contributed by atoms with Gasteiger partial charge in [0.05, 0.1) is 23.0 Å². The van der Waals surface area contributed by atoms with E-state index in [-0.39, 0.29) is 5.56 Å². The molecule has 33 heavy (non-hydrogen) atoms. The lowest BCUT2D eigenvalue weighted by molar-refractivity contribution is 0.373. The minimum Gasteiger partial charge on any atom is -0.365 e. The molecule has 0 spiro atoms. The van der Waals surface area contributed by atoms with E-state index in [0.717, 1.165) is 29.1 Å². The predicted molar refractivity (Wildman–Crippen MR) is 132 cm³/mol. The fraction of sp³-hybridized carbons (Fsp3) is 0.393. The minimum absolute atomic E-state index is 0.107. The van der Waals surface area contributed by atoms with Crippen LogP contribution >= 0.6 is 0 Å². The van der Waals surface area contributed by atoms with E-state index in [1.807, 2.05) is 19.2 Å². The number of hydrogen-bond acceptors (Lipinski definition) is 4. The van der Waals surface area contributed by atoms with Gasteiger partial charge in [0.15, 0.2) is 5.82 Å². The highest BCUT2D eigenvalue weighted by Crippen LogP contribution is 2.41. The first-order valence-corrected chi connectivity index (χ1v) is 12.1. The molecule has 0 amide bonds. The van der Waals surface area contributed by atoms with Crippen LogP contribution in [0.4, 0.5) is 5.82 Å². The van der Waals surface area contributed by atoms with Crippen molar-refractivity contribution >= 4 is 5.82 Å². The number of hydrogen-bond donors (Lipinski definition) is 1. The molecule has 5 heteroatoms. The lowest BCUT2D eigenvalue weighted by Crippen LogP contribution is -2.27. The van der Waals surface area contributed by atoms with Gasteiger partial charge in [0.25, 0.3) is 5.56 Å². The van der Waals surface area contributed by atoms with Crippen molar-refractivity contribution in [3.05, 3.63) is 70.0 Å². The molecule has 5 nitrogen and oxygen atoms in total. The summed E-state index contributed by atoms with van der Waals surface area (Å²) in [6.07, 6.45) is 8.79. The maximum atomic E-state index is 13.3. The molecule has 2 aliphatic carbocycles. The third kappa shape index (κ3) is 4.57. The van der Waals surface area contributed by atoms with E-state index in [0.29, 0.717) is 23.2 Å². The van der Waals surface area contributed by atoms with E-state index in [9.17, 15) is 10.1 Å². The van der Waals surface area contributed by atoms with Crippen molar-refractivity contribution in [1.29, 1.82) is 5.26 Å². The molecule has 2 saturated carbocycles. The standard InChI is InChI=1S/C28H30N4O/c1-32-26(24-15-13-22(14-16-24)21-11-12-21)25(23-9-7-19(17-29)8-10-23)31-27(28(32)33)30-18-20-5-3-2-4-6-20/h7-10,13-16,20-21H,2-6,11-12,18H2,1H3,(H,30,31). The Bertz CT molecular complexity index is 1230. The van der Waals surface area contributed by atoms with Crippen LogP contribution in [0.25, 0.3) is 22.5 Å². The molecule has 1 N–H and O–H groups in total. The fourth-order valence-electron chi connectivity index (χ4n) is 4.94. The molecule has 0 atom stereocenters. The van der Waals surface area contributed by atoms with Gasteiger partial charge in [0, 0.05) is 24.7 Å². The highest BCUT2D eigenvalue weighted by Gasteiger charge is 2.24. The average Bonchev–Trinajstić information content (AvgIpc) is 3.71. The van der Waals surface area contributed by atoms with E-state index in [1.165, 1.54) is 50.5 Å². The number of nitrogens with one attached hydrogen (secondary N) is 1. The first-order chi connectivity index (χ1) is 16.1. The third-order valence-electron chi connectivity index (χ3n) is 7.09. The highest BCUT2D eigenvalue weighted by molar-refractivity contribution is 5.79. The van der Waals surface area contributed by atoms with E-state index in [1.54, 1.807) is 16.7 Å². The first kappa shape index (κ1) is 21.5. The Morgan fingerprint density at radius 2 is 1.64 bits per heavy atom. The first-order valence-electron chi connectivity index (χ1n) is 12.1. The quantitative estimate of drug-likeness (QED) is 0.524. The highest BCUT2D eigenvalue weighted by atomic mass is 16.1. The molecule has 2 aliphatic rings. The number of nitriles is 1. The van der Waals surface area contributed by atoms with Gasteiger partial charge in [-0.05, 0) is 55.2 Å². The second kappa shape index (κ2) is 9.23. The Balaban J connectivity index is 1.56. The zero-order valence-electron chi connectivity index (χ0n) is 19.2. The van der Waals surface area contributed by atoms with Crippen molar-refractivity contribution in [1.82, 2.24) is 9.55 Å². The van der Waals surface area contributed by atoms with Gasteiger partial charge in [-0.15, -0.1) is 0 Å². The van der Waals surface area contributed by atoms with Crippen LogP contribution in [0.1, 0.15) is 62.0 Å². The maximum Gasteiger partial charge on any atom is 0.293 e. The molecule has 0 radical (unpaired) electrons. The van der Waals surface area contributed by atoms with Gasteiger partial charge < -0.3 is 9.88 Å². The van der Waals surface area contributed by atoms with E-state index in [2.05, 4.69) is 35.7 Å². The molecule has 1 heterocycles. The second-order valence-electron chi connectivity index (χ2n) is 9.49. The van der Waals surface area contributed by atoms with Crippen LogP contribution in [0.2, 0.25) is 0 Å². The smallest absolute Gasteiger partial charge is 0.293 e. The molecule has 2 aromatic carbocycles. The summed E-state index contributed by atoms with van der Waals surface area (Å²) in [5.41, 5.74) is 5.29. The van der Waals surface area contributed by atoms with Crippen molar-refractivity contribution < 1.29 is 0 Å². The van der Waals surface area contributed by atoms with Gasteiger partial charge in [-0.25, -0.2) is 4.98 Å². The second-order valence-corrected chi connectivity index (χ2v) is 9.49. The largest absolute Gasteiger partial charge is 0.365 e. The summed E-state index contributed by atoms with van der Waals surface area (Å²) < 4.78 is 1.72. The van der Waals surface area contributed by atoms with E-state index in [4.69, 9.17) is 4.98 Å². The SMILES string of the molecule is Cn1c(-c2ccc(C3CC3)cc2)c(-c2ccc(C#N)cc2)nc(NCC2CCCCC2)c1=O. The normalized spacial score (nSPS) is 16.4. The van der Waals surface area contributed by atoms with Crippen LogP contribution in [-0.4, -0.2) is 16.1 Å².